The van der Waals surface area contributed by atoms with Gasteiger partial charge in [-0.05, 0) is 25.0 Å². The molecule has 0 amide bonds. The predicted octanol–water partition coefficient (Wildman–Crippen LogP) is 1.18. The number of nitro groups is 1. The van der Waals surface area contributed by atoms with E-state index in [-0.39, 0.29) is 18.9 Å². The lowest BCUT2D eigenvalue weighted by molar-refractivity contribution is -0.383. The molecule has 1 aromatic carbocycles. The fraction of sp³-hybridized carbons (Fsp3) is 0.500. The average Bonchev–Trinajstić information content (AvgIpc) is 2.40. The van der Waals surface area contributed by atoms with E-state index in [0.717, 1.165) is 0 Å². The van der Waals surface area contributed by atoms with E-state index in [9.17, 15) is 10.1 Å². The van der Waals surface area contributed by atoms with Crippen molar-refractivity contribution in [2.45, 2.75) is 12.8 Å². The van der Waals surface area contributed by atoms with E-state index >= 15 is 0 Å². The van der Waals surface area contributed by atoms with Gasteiger partial charge in [0.25, 0.3) is 5.69 Å². The standard InChI is InChI=1S/C12H19N3O4/c16-7-1-5-13-10-3-4-11(14-6-2-8-17)12(9-10)15(18)19/h3-4,9,13-14,16-17H,1-2,5-8H2. The van der Waals surface area contributed by atoms with Crippen molar-refractivity contribution in [2.75, 3.05) is 36.9 Å². The van der Waals surface area contributed by atoms with E-state index in [1.54, 1.807) is 12.1 Å². The van der Waals surface area contributed by atoms with Crippen LogP contribution in [0.1, 0.15) is 12.8 Å². The molecule has 0 heterocycles. The molecule has 0 radical (unpaired) electrons. The molecule has 0 aliphatic rings. The Hall–Kier alpha value is -1.86. The third-order valence-corrected chi connectivity index (χ3v) is 2.51. The Bertz CT molecular complexity index is 412. The first-order valence-electron chi connectivity index (χ1n) is 6.17. The van der Waals surface area contributed by atoms with Gasteiger partial charge in [-0.15, -0.1) is 0 Å². The molecule has 0 bridgehead atoms. The number of nitrogens with zero attached hydrogens (tertiary/aromatic N) is 1. The lowest BCUT2D eigenvalue weighted by atomic mass is 10.2. The van der Waals surface area contributed by atoms with Crippen LogP contribution in [0.3, 0.4) is 0 Å². The lowest BCUT2D eigenvalue weighted by Gasteiger charge is -2.09. The summed E-state index contributed by atoms with van der Waals surface area (Å²) in [7, 11) is 0. The van der Waals surface area contributed by atoms with Crippen LogP contribution in [-0.4, -0.2) is 41.4 Å². The van der Waals surface area contributed by atoms with Gasteiger partial charge in [0.1, 0.15) is 5.69 Å². The van der Waals surface area contributed by atoms with Crippen molar-refractivity contribution < 1.29 is 15.1 Å². The van der Waals surface area contributed by atoms with Crippen molar-refractivity contribution in [3.8, 4) is 0 Å². The second kappa shape index (κ2) is 8.28. The van der Waals surface area contributed by atoms with Gasteiger partial charge in [-0.1, -0.05) is 0 Å². The molecule has 19 heavy (non-hydrogen) atoms. The third-order valence-electron chi connectivity index (χ3n) is 2.51. The average molecular weight is 269 g/mol. The highest BCUT2D eigenvalue weighted by Crippen LogP contribution is 2.27. The maximum atomic E-state index is 11.0. The highest BCUT2D eigenvalue weighted by atomic mass is 16.6. The minimum atomic E-state index is -0.446. The Morgan fingerprint density at radius 2 is 1.74 bits per heavy atom. The number of aliphatic hydroxyl groups excluding tert-OH is 2. The summed E-state index contributed by atoms with van der Waals surface area (Å²) in [5.74, 6) is 0. The number of hydrogen-bond acceptors (Lipinski definition) is 6. The molecular weight excluding hydrogens is 250 g/mol. The van der Waals surface area contributed by atoms with Crippen molar-refractivity contribution >= 4 is 17.1 Å². The van der Waals surface area contributed by atoms with Gasteiger partial charge in [-0.2, -0.15) is 0 Å². The van der Waals surface area contributed by atoms with E-state index in [1.165, 1.54) is 6.07 Å². The maximum Gasteiger partial charge on any atom is 0.294 e. The second-order valence-electron chi connectivity index (χ2n) is 4.00. The van der Waals surface area contributed by atoms with Crippen LogP contribution in [0.25, 0.3) is 0 Å². The van der Waals surface area contributed by atoms with Gasteiger partial charge in [0, 0.05) is 38.1 Å². The smallest absolute Gasteiger partial charge is 0.294 e. The molecule has 7 nitrogen and oxygen atoms in total. The van der Waals surface area contributed by atoms with Crippen molar-refractivity contribution in [3.05, 3.63) is 28.3 Å². The molecule has 0 aromatic heterocycles. The minimum absolute atomic E-state index is 0.00746. The zero-order valence-corrected chi connectivity index (χ0v) is 10.6. The number of anilines is 2. The topological polar surface area (TPSA) is 108 Å². The number of nitrogens with one attached hydrogen (secondary N) is 2. The Labute approximate surface area is 111 Å². The number of hydrogen-bond donors (Lipinski definition) is 4. The van der Waals surface area contributed by atoms with E-state index in [1.807, 2.05) is 0 Å². The molecule has 0 saturated heterocycles. The van der Waals surface area contributed by atoms with Gasteiger partial charge in [-0.3, -0.25) is 10.1 Å². The monoisotopic (exact) mass is 269 g/mol. The number of nitro benzene ring substituents is 1. The molecule has 0 unspecified atom stereocenters. The lowest BCUT2D eigenvalue weighted by Crippen LogP contribution is -2.07. The molecule has 7 heteroatoms. The highest BCUT2D eigenvalue weighted by molar-refractivity contribution is 5.67. The zero-order chi connectivity index (χ0) is 14.1. The second-order valence-corrected chi connectivity index (χ2v) is 4.00. The quantitative estimate of drug-likeness (QED) is 0.304. The van der Waals surface area contributed by atoms with Gasteiger partial charge in [0.15, 0.2) is 0 Å². The summed E-state index contributed by atoms with van der Waals surface area (Å²) in [6, 6.07) is 4.83. The largest absolute Gasteiger partial charge is 0.396 e. The molecule has 0 fully saturated rings. The number of aliphatic hydroxyl groups is 2. The molecule has 0 saturated carbocycles. The Balaban J connectivity index is 2.73. The summed E-state index contributed by atoms with van der Waals surface area (Å²) >= 11 is 0. The summed E-state index contributed by atoms with van der Waals surface area (Å²) < 4.78 is 0. The van der Waals surface area contributed by atoms with Crippen LogP contribution >= 0.6 is 0 Å². The predicted molar refractivity (Wildman–Crippen MR) is 73.5 cm³/mol. The maximum absolute atomic E-state index is 11.0. The van der Waals surface area contributed by atoms with E-state index in [2.05, 4.69) is 10.6 Å². The van der Waals surface area contributed by atoms with Gasteiger partial charge in [-0.25, -0.2) is 0 Å². The molecule has 1 rings (SSSR count). The van der Waals surface area contributed by atoms with Gasteiger partial charge in [0.2, 0.25) is 0 Å². The van der Waals surface area contributed by atoms with Crippen LogP contribution in [0.4, 0.5) is 17.1 Å². The summed E-state index contributed by atoms with van der Waals surface area (Å²) in [4.78, 5) is 10.5. The molecule has 1 aromatic rings. The van der Waals surface area contributed by atoms with Crippen molar-refractivity contribution in [3.63, 3.8) is 0 Å². The zero-order valence-electron chi connectivity index (χ0n) is 10.6. The van der Waals surface area contributed by atoms with Gasteiger partial charge in [0.05, 0.1) is 4.92 Å². The van der Waals surface area contributed by atoms with Crippen LogP contribution in [-0.2, 0) is 0 Å². The van der Waals surface area contributed by atoms with Gasteiger partial charge < -0.3 is 20.8 Å². The minimum Gasteiger partial charge on any atom is -0.396 e. The first kappa shape index (κ1) is 15.2. The fourth-order valence-corrected chi connectivity index (χ4v) is 1.56. The molecule has 0 atom stereocenters. The SMILES string of the molecule is O=[N+]([O-])c1cc(NCCCO)ccc1NCCCO. The number of benzene rings is 1. The van der Waals surface area contributed by atoms with Crippen LogP contribution in [0.5, 0.6) is 0 Å². The summed E-state index contributed by atoms with van der Waals surface area (Å²) in [6.07, 6.45) is 1.12. The fourth-order valence-electron chi connectivity index (χ4n) is 1.56. The van der Waals surface area contributed by atoms with E-state index < -0.39 is 4.92 Å². The molecule has 0 aliphatic carbocycles. The van der Waals surface area contributed by atoms with Crippen LogP contribution in [0.2, 0.25) is 0 Å². The van der Waals surface area contributed by atoms with E-state index in [4.69, 9.17) is 10.2 Å². The summed E-state index contributed by atoms with van der Waals surface area (Å²) in [5, 5.41) is 34.3. The summed E-state index contributed by atoms with van der Waals surface area (Å²) in [5.41, 5.74) is 1.07. The molecule has 0 spiro atoms. The van der Waals surface area contributed by atoms with Gasteiger partial charge >= 0.3 is 0 Å². The molecule has 106 valence electrons. The Kier molecular flexibility index (Phi) is 6.62. The Morgan fingerprint density at radius 1 is 1.11 bits per heavy atom. The summed E-state index contributed by atoms with van der Waals surface area (Å²) in [6.45, 7) is 1.16. The first-order chi connectivity index (χ1) is 9.19. The molecule has 0 aliphatic heterocycles. The van der Waals surface area contributed by atoms with Crippen molar-refractivity contribution in [1.29, 1.82) is 0 Å². The normalized spacial score (nSPS) is 10.2. The third kappa shape index (κ3) is 5.11. The Morgan fingerprint density at radius 3 is 2.32 bits per heavy atom. The van der Waals surface area contributed by atoms with Crippen LogP contribution in [0.15, 0.2) is 18.2 Å². The number of rotatable bonds is 9. The molecular formula is C12H19N3O4. The van der Waals surface area contributed by atoms with Crippen LogP contribution < -0.4 is 10.6 Å². The van der Waals surface area contributed by atoms with Crippen LogP contribution in [0, 0.1) is 10.1 Å². The van der Waals surface area contributed by atoms with E-state index in [0.29, 0.717) is 37.3 Å². The van der Waals surface area contributed by atoms with Crippen molar-refractivity contribution in [1.82, 2.24) is 0 Å². The van der Waals surface area contributed by atoms with Crippen molar-refractivity contribution in [2.24, 2.45) is 0 Å². The molecule has 4 N–H and O–H groups in total. The first-order valence-corrected chi connectivity index (χ1v) is 6.17. The highest BCUT2D eigenvalue weighted by Gasteiger charge is 2.14.